The first-order valence-corrected chi connectivity index (χ1v) is 5.87. The highest BCUT2D eigenvalue weighted by atomic mass is 35.5. The standard InChI is InChI=1S/C12H15ClN2O.ClH/c13-9-5-1-2-7-11(9)15-12(16)8-4-3-6-10(8)14;/h1-2,5,7-8,10H,3-4,6,14H2,(H,15,16);1H. The second-order valence-electron chi connectivity index (χ2n) is 4.17. The van der Waals surface area contributed by atoms with Crippen molar-refractivity contribution in [3.63, 3.8) is 0 Å². The number of nitrogens with one attached hydrogen (secondary N) is 1. The van der Waals surface area contributed by atoms with Gasteiger partial charge in [-0.3, -0.25) is 4.79 Å². The number of para-hydroxylation sites is 1. The third-order valence-corrected chi connectivity index (χ3v) is 3.37. The van der Waals surface area contributed by atoms with Crippen LogP contribution in [0.1, 0.15) is 19.3 Å². The predicted octanol–water partition coefficient (Wildman–Crippen LogP) is 2.83. The quantitative estimate of drug-likeness (QED) is 0.872. The second kappa shape index (κ2) is 6.24. The number of amides is 1. The fraction of sp³-hybridized carbons (Fsp3) is 0.417. The van der Waals surface area contributed by atoms with Gasteiger partial charge in [0.2, 0.25) is 5.91 Å². The highest BCUT2D eigenvalue weighted by Gasteiger charge is 2.30. The highest BCUT2D eigenvalue weighted by molar-refractivity contribution is 6.33. The van der Waals surface area contributed by atoms with Crippen molar-refractivity contribution < 1.29 is 4.79 Å². The van der Waals surface area contributed by atoms with Crippen LogP contribution in [0.25, 0.3) is 0 Å². The molecule has 2 unspecified atom stereocenters. The molecule has 1 aromatic rings. The molecule has 3 nitrogen and oxygen atoms in total. The molecule has 2 atom stereocenters. The van der Waals surface area contributed by atoms with Gasteiger partial charge in [-0.15, -0.1) is 12.4 Å². The molecule has 0 radical (unpaired) electrons. The Balaban J connectivity index is 0.00000144. The second-order valence-corrected chi connectivity index (χ2v) is 4.58. The molecule has 2 rings (SSSR count). The lowest BCUT2D eigenvalue weighted by Crippen LogP contribution is -2.34. The van der Waals surface area contributed by atoms with E-state index in [0.717, 1.165) is 19.3 Å². The van der Waals surface area contributed by atoms with Crippen LogP contribution in [0.4, 0.5) is 5.69 Å². The van der Waals surface area contributed by atoms with E-state index in [4.69, 9.17) is 17.3 Å². The van der Waals surface area contributed by atoms with Crippen LogP contribution in [0.15, 0.2) is 24.3 Å². The molecule has 5 heteroatoms. The Morgan fingerprint density at radius 1 is 1.35 bits per heavy atom. The van der Waals surface area contributed by atoms with Gasteiger partial charge in [-0.1, -0.05) is 30.2 Å². The van der Waals surface area contributed by atoms with Gasteiger partial charge in [-0.25, -0.2) is 0 Å². The van der Waals surface area contributed by atoms with E-state index in [9.17, 15) is 4.79 Å². The summed E-state index contributed by atoms with van der Waals surface area (Å²) in [5.41, 5.74) is 6.54. The molecular weight excluding hydrogens is 259 g/mol. The summed E-state index contributed by atoms with van der Waals surface area (Å²) >= 11 is 5.97. The Morgan fingerprint density at radius 2 is 2.06 bits per heavy atom. The maximum absolute atomic E-state index is 11.9. The van der Waals surface area contributed by atoms with Crippen LogP contribution in [0.2, 0.25) is 5.02 Å². The molecular formula is C12H16Cl2N2O. The number of nitrogens with two attached hydrogens (primary N) is 1. The Kier molecular flexibility index (Phi) is 5.25. The molecule has 1 aromatic carbocycles. The molecule has 1 saturated carbocycles. The van der Waals surface area contributed by atoms with E-state index < -0.39 is 0 Å². The van der Waals surface area contributed by atoms with Gasteiger partial charge in [-0.2, -0.15) is 0 Å². The molecule has 1 aliphatic rings. The lowest BCUT2D eigenvalue weighted by atomic mass is 10.0. The van der Waals surface area contributed by atoms with E-state index in [1.165, 1.54) is 0 Å². The van der Waals surface area contributed by atoms with Crippen molar-refractivity contribution in [1.29, 1.82) is 0 Å². The number of halogens is 2. The predicted molar refractivity (Wildman–Crippen MR) is 72.6 cm³/mol. The molecule has 1 fully saturated rings. The third-order valence-electron chi connectivity index (χ3n) is 3.04. The number of carbonyl (C=O) groups excluding carboxylic acids is 1. The van der Waals surface area contributed by atoms with Crippen LogP contribution in [0.3, 0.4) is 0 Å². The Morgan fingerprint density at radius 3 is 2.65 bits per heavy atom. The fourth-order valence-electron chi connectivity index (χ4n) is 2.10. The molecule has 3 N–H and O–H groups in total. The highest BCUT2D eigenvalue weighted by Crippen LogP contribution is 2.27. The maximum atomic E-state index is 11.9. The number of rotatable bonds is 2. The van der Waals surface area contributed by atoms with Gasteiger partial charge >= 0.3 is 0 Å². The molecule has 17 heavy (non-hydrogen) atoms. The van der Waals surface area contributed by atoms with Crippen molar-refractivity contribution in [3.05, 3.63) is 29.3 Å². The van der Waals surface area contributed by atoms with Crippen LogP contribution in [-0.2, 0) is 4.79 Å². The zero-order valence-corrected chi connectivity index (χ0v) is 10.9. The van der Waals surface area contributed by atoms with Crippen LogP contribution >= 0.6 is 24.0 Å². The van der Waals surface area contributed by atoms with Gasteiger partial charge in [0.25, 0.3) is 0 Å². The summed E-state index contributed by atoms with van der Waals surface area (Å²) in [5.74, 6) is -0.0885. The first kappa shape index (κ1) is 14.3. The van der Waals surface area contributed by atoms with Gasteiger partial charge < -0.3 is 11.1 Å². The molecule has 0 aromatic heterocycles. The molecule has 1 amide bonds. The van der Waals surface area contributed by atoms with Crippen LogP contribution in [-0.4, -0.2) is 11.9 Å². The summed E-state index contributed by atoms with van der Waals surface area (Å²) in [6, 6.07) is 7.21. The summed E-state index contributed by atoms with van der Waals surface area (Å²) in [4.78, 5) is 11.9. The number of benzene rings is 1. The van der Waals surface area contributed by atoms with E-state index in [1.54, 1.807) is 12.1 Å². The van der Waals surface area contributed by atoms with Crippen molar-refractivity contribution in [2.45, 2.75) is 25.3 Å². The lowest BCUT2D eigenvalue weighted by molar-refractivity contribution is -0.120. The first-order chi connectivity index (χ1) is 7.68. The molecule has 0 bridgehead atoms. The van der Waals surface area contributed by atoms with E-state index >= 15 is 0 Å². The lowest BCUT2D eigenvalue weighted by Gasteiger charge is -2.15. The van der Waals surface area contributed by atoms with Crippen LogP contribution in [0.5, 0.6) is 0 Å². The van der Waals surface area contributed by atoms with Gasteiger partial charge in [0.15, 0.2) is 0 Å². The number of hydrogen-bond donors (Lipinski definition) is 2. The minimum atomic E-state index is -0.0729. The average molecular weight is 275 g/mol. The molecule has 0 heterocycles. The topological polar surface area (TPSA) is 55.1 Å². The maximum Gasteiger partial charge on any atom is 0.229 e. The van der Waals surface area contributed by atoms with E-state index in [1.807, 2.05) is 12.1 Å². The van der Waals surface area contributed by atoms with E-state index in [2.05, 4.69) is 5.32 Å². The van der Waals surface area contributed by atoms with Gasteiger partial charge in [-0.05, 0) is 25.0 Å². The smallest absolute Gasteiger partial charge is 0.229 e. The minimum Gasteiger partial charge on any atom is -0.327 e. The molecule has 0 spiro atoms. The number of carbonyl (C=O) groups is 1. The van der Waals surface area contributed by atoms with Crippen LogP contribution in [0, 0.1) is 5.92 Å². The van der Waals surface area contributed by atoms with Gasteiger partial charge in [0, 0.05) is 6.04 Å². The zero-order chi connectivity index (χ0) is 11.5. The SMILES string of the molecule is Cl.NC1CCCC1C(=O)Nc1ccccc1Cl. The average Bonchev–Trinajstić information content (AvgIpc) is 2.68. The van der Waals surface area contributed by atoms with Crippen molar-refractivity contribution in [1.82, 2.24) is 0 Å². The number of anilines is 1. The van der Waals surface area contributed by atoms with Crippen molar-refractivity contribution in [2.24, 2.45) is 11.7 Å². The molecule has 94 valence electrons. The first-order valence-electron chi connectivity index (χ1n) is 5.49. The summed E-state index contributed by atoms with van der Waals surface area (Å²) in [5, 5.41) is 3.39. The minimum absolute atomic E-state index is 0. The van der Waals surface area contributed by atoms with Crippen molar-refractivity contribution in [2.75, 3.05) is 5.32 Å². The summed E-state index contributed by atoms with van der Waals surface area (Å²) < 4.78 is 0. The summed E-state index contributed by atoms with van der Waals surface area (Å²) in [6.45, 7) is 0. The Bertz CT molecular complexity index is 398. The number of hydrogen-bond acceptors (Lipinski definition) is 2. The fourth-order valence-corrected chi connectivity index (χ4v) is 2.29. The van der Waals surface area contributed by atoms with Crippen molar-refractivity contribution in [3.8, 4) is 0 Å². The van der Waals surface area contributed by atoms with Gasteiger partial charge in [0.1, 0.15) is 0 Å². The summed E-state index contributed by atoms with van der Waals surface area (Å²) in [7, 11) is 0. The monoisotopic (exact) mass is 274 g/mol. The third kappa shape index (κ3) is 3.35. The normalized spacial score (nSPS) is 22.9. The van der Waals surface area contributed by atoms with E-state index in [-0.39, 0.29) is 30.3 Å². The molecule has 0 saturated heterocycles. The Labute approximate surface area is 112 Å². The summed E-state index contributed by atoms with van der Waals surface area (Å²) in [6.07, 6.45) is 2.83. The van der Waals surface area contributed by atoms with Crippen molar-refractivity contribution >= 4 is 35.6 Å². The largest absolute Gasteiger partial charge is 0.327 e. The zero-order valence-electron chi connectivity index (χ0n) is 9.36. The molecule has 0 aliphatic heterocycles. The van der Waals surface area contributed by atoms with Crippen LogP contribution < -0.4 is 11.1 Å². The molecule has 1 aliphatic carbocycles. The van der Waals surface area contributed by atoms with Gasteiger partial charge in [0.05, 0.1) is 16.6 Å². The van der Waals surface area contributed by atoms with E-state index in [0.29, 0.717) is 10.7 Å². The Hall–Kier alpha value is -0.770.